The highest BCUT2D eigenvalue weighted by molar-refractivity contribution is 9.10. The summed E-state index contributed by atoms with van der Waals surface area (Å²) in [6.45, 7) is 0. The molecule has 0 unspecified atom stereocenters. The van der Waals surface area contributed by atoms with E-state index in [-0.39, 0.29) is 11.7 Å². The van der Waals surface area contributed by atoms with E-state index in [4.69, 9.17) is 0 Å². The van der Waals surface area contributed by atoms with Gasteiger partial charge in [-0.25, -0.2) is 4.39 Å². The summed E-state index contributed by atoms with van der Waals surface area (Å²) in [6.07, 6.45) is 0. The van der Waals surface area contributed by atoms with E-state index < -0.39 is 0 Å². The first kappa shape index (κ1) is 15.1. The summed E-state index contributed by atoms with van der Waals surface area (Å²) >= 11 is 4.93. The Morgan fingerprint density at radius 3 is 2.75 bits per heavy atom. The summed E-state index contributed by atoms with van der Waals surface area (Å²) < 4.78 is 14.0. The number of hydrogen-bond donors (Lipinski definition) is 1. The Labute approximate surface area is 129 Å². The van der Waals surface area contributed by atoms with E-state index in [0.29, 0.717) is 11.4 Å². The third-order valence-electron chi connectivity index (χ3n) is 2.50. The second kappa shape index (κ2) is 7.45. The molecule has 2 nitrogen and oxygen atoms in total. The topological polar surface area (TPSA) is 29.1 Å². The van der Waals surface area contributed by atoms with Gasteiger partial charge >= 0.3 is 0 Å². The van der Waals surface area contributed by atoms with Crippen LogP contribution in [0.15, 0.2) is 53.0 Å². The maximum Gasteiger partial charge on any atom is 0.234 e. The Morgan fingerprint density at radius 2 is 2.00 bits per heavy atom. The molecule has 5 heteroatoms. The second-order valence-electron chi connectivity index (χ2n) is 4.18. The minimum atomic E-state index is -0.357. The van der Waals surface area contributed by atoms with Gasteiger partial charge < -0.3 is 5.32 Å². The lowest BCUT2D eigenvalue weighted by Gasteiger charge is -2.05. The van der Waals surface area contributed by atoms with E-state index in [1.54, 1.807) is 12.1 Å². The quantitative estimate of drug-likeness (QED) is 0.859. The van der Waals surface area contributed by atoms with Gasteiger partial charge in [-0.2, -0.15) is 0 Å². The van der Waals surface area contributed by atoms with Gasteiger partial charge in [-0.05, 0) is 35.9 Å². The van der Waals surface area contributed by atoms with Crippen LogP contribution in [0.3, 0.4) is 0 Å². The summed E-state index contributed by atoms with van der Waals surface area (Å²) in [4.78, 5) is 11.7. The number of amides is 1. The average molecular weight is 354 g/mol. The molecule has 0 aliphatic rings. The van der Waals surface area contributed by atoms with Crippen LogP contribution >= 0.6 is 27.7 Å². The molecule has 0 radical (unpaired) electrons. The monoisotopic (exact) mass is 353 g/mol. The zero-order valence-corrected chi connectivity index (χ0v) is 13.0. The Bertz CT molecular complexity index is 606. The number of carbonyl (C=O) groups excluding carboxylic acids is 1. The van der Waals surface area contributed by atoms with Gasteiger partial charge in [0, 0.05) is 15.9 Å². The minimum absolute atomic E-state index is 0.129. The van der Waals surface area contributed by atoms with Crippen molar-refractivity contribution in [1.29, 1.82) is 0 Å². The van der Waals surface area contributed by atoms with Crippen LogP contribution < -0.4 is 5.32 Å². The number of halogens is 2. The lowest BCUT2D eigenvalue weighted by atomic mass is 10.2. The summed E-state index contributed by atoms with van der Waals surface area (Å²) in [7, 11) is 0. The second-order valence-corrected chi connectivity index (χ2v) is 6.08. The molecule has 0 saturated carbocycles. The number of rotatable bonds is 5. The normalized spacial score (nSPS) is 10.3. The molecule has 0 atom stereocenters. The van der Waals surface area contributed by atoms with Crippen molar-refractivity contribution in [2.45, 2.75) is 5.75 Å². The highest BCUT2D eigenvalue weighted by Gasteiger charge is 2.04. The van der Waals surface area contributed by atoms with Gasteiger partial charge in [-0.3, -0.25) is 4.79 Å². The molecule has 0 heterocycles. The molecule has 0 aliphatic heterocycles. The van der Waals surface area contributed by atoms with Crippen molar-refractivity contribution >= 4 is 39.3 Å². The number of anilines is 1. The number of nitrogens with one attached hydrogen (secondary N) is 1. The van der Waals surface area contributed by atoms with Crippen LogP contribution in [0.4, 0.5) is 10.1 Å². The highest BCUT2D eigenvalue weighted by atomic mass is 79.9. The van der Waals surface area contributed by atoms with Gasteiger partial charge in [0.15, 0.2) is 0 Å². The molecule has 2 rings (SSSR count). The van der Waals surface area contributed by atoms with Gasteiger partial charge in [-0.15, -0.1) is 11.8 Å². The smallest absolute Gasteiger partial charge is 0.234 e. The zero-order chi connectivity index (χ0) is 14.4. The van der Waals surface area contributed by atoms with Gasteiger partial charge in [0.2, 0.25) is 5.91 Å². The van der Waals surface area contributed by atoms with Crippen LogP contribution in [0.5, 0.6) is 0 Å². The summed E-state index contributed by atoms with van der Waals surface area (Å²) in [5.41, 5.74) is 1.64. The van der Waals surface area contributed by atoms with E-state index in [1.807, 2.05) is 24.3 Å². The number of carbonyl (C=O) groups is 1. The van der Waals surface area contributed by atoms with Crippen molar-refractivity contribution in [2.75, 3.05) is 11.1 Å². The summed E-state index contributed by atoms with van der Waals surface area (Å²) in [5.74, 6) is 0.610. The maximum absolute atomic E-state index is 13.0. The summed E-state index contributed by atoms with van der Waals surface area (Å²) in [5, 5.41) is 2.67. The molecule has 0 saturated heterocycles. The number of benzene rings is 2. The fourth-order valence-corrected chi connectivity index (χ4v) is 2.87. The first-order chi connectivity index (χ1) is 9.63. The van der Waals surface area contributed by atoms with Gasteiger partial charge in [-0.1, -0.05) is 34.1 Å². The largest absolute Gasteiger partial charge is 0.325 e. The van der Waals surface area contributed by atoms with Crippen LogP contribution in [0.1, 0.15) is 5.56 Å². The number of hydrogen-bond acceptors (Lipinski definition) is 2. The first-order valence-electron chi connectivity index (χ1n) is 6.01. The zero-order valence-electron chi connectivity index (χ0n) is 10.6. The predicted octanol–water partition coefficient (Wildman–Crippen LogP) is 4.46. The van der Waals surface area contributed by atoms with Crippen LogP contribution in [0.2, 0.25) is 0 Å². The molecule has 20 heavy (non-hydrogen) atoms. The molecule has 1 amide bonds. The van der Waals surface area contributed by atoms with E-state index in [9.17, 15) is 9.18 Å². The minimum Gasteiger partial charge on any atom is -0.325 e. The van der Waals surface area contributed by atoms with Crippen molar-refractivity contribution in [3.63, 3.8) is 0 Å². The third-order valence-corrected chi connectivity index (χ3v) is 4.00. The molecule has 0 spiro atoms. The van der Waals surface area contributed by atoms with Gasteiger partial charge in [0.1, 0.15) is 5.82 Å². The van der Waals surface area contributed by atoms with Crippen LogP contribution in [-0.2, 0) is 10.5 Å². The van der Waals surface area contributed by atoms with Crippen LogP contribution in [-0.4, -0.2) is 11.7 Å². The Morgan fingerprint density at radius 1 is 1.20 bits per heavy atom. The average Bonchev–Trinajstić information content (AvgIpc) is 2.38. The highest BCUT2D eigenvalue weighted by Crippen LogP contribution is 2.17. The molecular weight excluding hydrogens is 341 g/mol. The molecule has 0 fully saturated rings. The number of thioether (sulfide) groups is 1. The van der Waals surface area contributed by atoms with E-state index in [0.717, 1.165) is 15.8 Å². The molecule has 1 N–H and O–H groups in total. The Balaban J connectivity index is 1.78. The van der Waals surface area contributed by atoms with E-state index in [2.05, 4.69) is 21.2 Å². The fourth-order valence-electron chi connectivity index (χ4n) is 1.65. The first-order valence-corrected chi connectivity index (χ1v) is 7.96. The maximum atomic E-state index is 13.0. The molecule has 104 valence electrons. The molecule has 0 aliphatic carbocycles. The fraction of sp³-hybridized carbons (Fsp3) is 0.133. The van der Waals surface area contributed by atoms with Crippen molar-refractivity contribution in [3.05, 3.63) is 64.4 Å². The molecule has 0 bridgehead atoms. The third kappa shape index (κ3) is 4.98. The Kier molecular flexibility index (Phi) is 5.61. The van der Waals surface area contributed by atoms with E-state index >= 15 is 0 Å². The van der Waals surface area contributed by atoms with Crippen molar-refractivity contribution in [1.82, 2.24) is 0 Å². The predicted molar refractivity (Wildman–Crippen MR) is 85.3 cm³/mol. The molecular formula is C15H13BrFNOS. The van der Waals surface area contributed by atoms with Gasteiger partial charge in [0.05, 0.1) is 5.75 Å². The van der Waals surface area contributed by atoms with Crippen LogP contribution in [0, 0.1) is 5.82 Å². The van der Waals surface area contributed by atoms with Crippen LogP contribution in [0.25, 0.3) is 0 Å². The van der Waals surface area contributed by atoms with Crippen molar-refractivity contribution < 1.29 is 9.18 Å². The lowest BCUT2D eigenvalue weighted by molar-refractivity contribution is -0.113. The standard InChI is InChI=1S/C15H13BrFNOS/c16-12-4-1-3-11(7-12)9-20-10-15(19)18-14-6-2-5-13(17)8-14/h1-8H,9-10H2,(H,18,19). The van der Waals surface area contributed by atoms with Gasteiger partial charge in [0.25, 0.3) is 0 Å². The van der Waals surface area contributed by atoms with Crippen molar-refractivity contribution in [3.8, 4) is 0 Å². The summed E-state index contributed by atoms with van der Waals surface area (Å²) in [6, 6.07) is 13.9. The Hall–Kier alpha value is -1.33. The molecule has 2 aromatic carbocycles. The molecule has 0 aromatic heterocycles. The SMILES string of the molecule is O=C(CSCc1cccc(Br)c1)Nc1cccc(F)c1. The molecule has 2 aromatic rings. The van der Waals surface area contributed by atoms with E-state index in [1.165, 1.54) is 23.9 Å². The lowest BCUT2D eigenvalue weighted by Crippen LogP contribution is -2.14. The van der Waals surface area contributed by atoms with Crippen molar-refractivity contribution in [2.24, 2.45) is 0 Å².